The molecule has 2 N–H and O–H groups in total. The lowest BCUT2D eigenvalue weighted by molar-refractivity contribution is 0.102. The molecule has 6 heteroatoms. The minimum Gasteiger partial charge on any atom is -0.360 e. The molecule has 3 aromatic rings. The Morgan fingerprint density at radius 1 is 1.09 bits per heavy atom. The summed E-state index contributed by atoms with van der Waals surface area (Å²) in [5, 5.41) is 9.62. The molecule has 0 bridgehead atoms. The van der Waals surface area contributed by atoms with Crippen molar-refractivity contribution in [3.8, 4) is 0 Å². The highest BCUT2D eigenvalue weighted by Gasteiger charge is 2.06. The molecule has 0 saturated carbocycles. The summed E-state index contributed by atoms with van der Waals surface area (Å²) in [7, 11) is 0. The number of anilines is 3. The summed E-state index contributed by atoms with van der Waals surface area (Å²) >= 11 is 0. The minimum atomic E-state index is -0.171. The predicted octanol–water partition coefficient (Wildman–Crippen LogP) is 3.37. The fraction of sp³-hybridized carbons (Fsp3) is 0.0625. The van der Waals surface area contributed by atoms with Crippen molar-refractivity contribution in [3.05, 3.63) is 66.1 Å². The van der Waals surface area contributed by atoms with Crippen LogP contribution in [0.25, 0.3) is 0 Å². The highest BCUT2D eigenvalue weighted by molar-refractivity contribution is 6.04. The first-order valence-corrected chi connectivity index (χ1v) is 6.73. The second-order valence-electron chi connectivity index (χ2n) is 4.70. The number of carbonyl (C=O) groups excluding carboxylic acids is 1. The SMILES string of the molecule is Cc1cc(Nc2ccc(NC(=O)c3ccccc3)cn2)no1. The van der Waals surface area contributed by atoms with E-state index in [1.54, 1.807) is 36.5 Å². The van der Waals surface area contributed by atoms with Gasteiger partial charge < -0.3 is 15.2 Å². The number of hydrogen-bond donors (Lipinski definition) is 2. The van der Waals surface area contributed by atoms with Crippen LogP contribution < -0.4 is 10.6 Å². The van der Waals surface area contributed by atoms with Crippen LogP contribution in [0.1, 0.15) is 16.1 Å². The summed E-state index contributed by atoms with van der Waals surface area (Å²) in [4.78, 5) is 16.2. The van der Waals surface area contributed by atoms with Gasteiger partial charge in [-0.05, 0) is 31.2 Å². The Morgan fingerprint density at radius 3 is 2.55 bits per heavy atom. The molecule has 2 aromatic heterocycles. The number of nitrogens with one attached hydrogen (secondary N) is 2. The van der Waals surface area contributed by atoms with Gasteiger partial charge in [-0.15, -0.1) is 0 Å². The topological polar surface area (TPSA) is 80.0 Å². The smallest absolute Gasteiger partial charge is 0.255 e. The third-order valence-electron chi connectivity index (χ3n) is 2.94. The molecule has 0 aliphatic heterocycles. The fourth-order valence-corrected chi connectivity index (χ4v) is 1.89. The summed E-state index contributed by atoms with van der Waals surface area (Å²) in [5.41, 5.74) is 1.22. The van der Waals surface area contributed by atoms with Crippen molar-refractivity contribution in [2.75, 3.05) is 10.6 Å². The van der Waals surface area contributed by atoms with Gasteiger partial charge in [0.1, 0.15) is 11.6 Å². The molecule has 2 heterocycles. The van der Waals surface area contributed by atoms with Crippen LogP contribution in [0.5, 0.6) is 0 Å². The third-order valence-corrected chi connectivity index (χ3v) is 2.94. The summed E-state index contributed by atoms with van der Waals surface area (Å²) in [6, 6.07) is 14.3. The van der Waals surface area contributed by atoms with Gasteiger partial charge in [-0.1, -0.05) is 23.4 Å². The fourth-order valence-electron chi connectivity index (χ4n) is 1.89. The van der Waals surface area contributed by atoms with Crippen molar-refractivity contribution in [1.29, 1.82) is 0 Å². The van der Waals surface area contributed by atoms with E-state index in [0.29, 0.717) is 28.6 Å². The number of amides is 1. The summed E-state index contributed by atoms with van der Waals surface area (Å²) < 4.78 is 4.96. The molecule has 3 rings (SSSR count). The van der Waals surface area contributed by atoms with E-state index in [0.717, 1.165) is 0 Å². The molecule has 0 aliphatic carbocycles. The lowest BCUT2D eigenvalue weighted by Gasteiger charge is -2.06. The first kappa shape index (κ1) is 13.8. The average molecular weight is 294 g/mol. The Hall–Kier alpha value is -3.15. The number of nitrogens with zero attached hydrogens (tertiary/aromatic N) is 2. The molecule has 0 radical (unpaired) electrons. The lowest BCUT2D eigenvalue weighted by Crippen LogP contribution is -2.11. The quantitative estimate of drug-likeness (QED) is 0.771. The summed E-state index contributed by atoms with van der Waals surface area (Å²) in [6.45, 7) is 1.81. The van der Waals surface area contributed by atoms with Crippen molar-refractivity contribution in [3.63, 3.8) is 0 Å². The van der Waals surface area contributed by atoms with Gasteiger partial charge in [0.25, 0.3) is 5.91 Å². The first-order chi connectivity index (χ1) is 10.7. The number of aryl methyl sites for hydroxylation is 1. The molecule has 1 amide bonds. The number of pyridine rings is 1. The predicted molar refractivity (Wildman–Crippen MR) is 83.2 cm³/mol. The third kappa shape index (κ3) is 3.29. The van der Waals surface area contributed by atoms with Crippen LogP contribution in [0.2, 0.25) is 0 Å². The summed E-state index contributed by atoms with van der Waals surface area (Å²) in [5.74, 6) is 1.75. The molecule has 0 spiro atoms. The molecule has 22 heavy (non-hydrogen) atoms. The van der Waals surface area contributed by atoms with Gasteiger partial charge >= 0.3 is 0 Å². The van der Waals surface area contributed by atoms with Crippen LogP contribution >= 0.6 is 0 Å². The molecule has 0 unspecified atom stereocenters. The van der Waals surface area contributed by atoms with Crippen molar-refractivity contribution < 1.29 is 9.32 Å². The van der Waals surface area contributed by atoms with Crippen LogP contribution in [0.3, 0.4) is 0 Å². The number of benzene rings is 1. The summed E-state index contributed by atoms with van der Waals surface area (Å²) in [6.07, 6.45) is 1.58. The van der Waals surface area contributed by atoms with Gasteiger partial charge in [0.2, 0.25) is 0 Å². The number of rotatable bonds is 4. The largest absolute Gasteiger partial charge is 0.360 e. The van der Waals surface area contributed by atoms with Gasteiger partial charge in [-0.25, -0.2) is 4.98 Å². The van der Waals surface area contributed by atoms with Crippen LogP contribution in [-0.2, 0) is 0 Å². The normalized spacial score (nSPS) is 10.2. The monoisotopic (exact) mass is 294 g/mol. The van der Waals surface area contributed by atoms with Crippen LogP contribution in [0.15, 0.2) is 59.3 Å². The Kier molecular flexibility index (Phi) is 3.82. The van der Waals surface area contributed by atoms with Crippen LogP contribution in [0, 0.1) is 6.92 Å². The minimum absolute atomic E-state index is 0.171. The van der Waals surface area contributed by atoms with E-state index >= 15 is 0 Å². The van der Waals surface area contributed by atoms with E-state index in [4.69, 9.17) is 4.52 Å². The van der Waals surface area contributed by atoms with Crippen molar-refractivity contribution in [2.45, 2.75) is 6.92 Å². The van der Waals surface area contributed by atoms with Gasteiger partial charge in [0.05, 0.1) is 11.9 Å². The maximum Gasteiger partial charge on any atom is 0.255 e. The van der Waals surface area contributed by atoms with E-state index in [9.17, 15) is 4.79 Å². The van der Waals surface area contributed by atoms with Crippen molar-refractivity contribution >= 4 is 23.2 Å². The number of carbonyl (C=O) groups is 1. The molecule has 110 valence electrons. The zero-order valence-electron chi connectivity index (χ0n) is 11.9. The molecular formula is C16H14N4O2. The lowest BCUT2D eigenvalue weighted by atomic mass is 10.2. The van der Waals surface area contributed by atoms with E-state index < -0.39 is 0 Å². The van der Waals surface area contributed by atoms with E-state index in [1.807, 2.05) is 25.1 Å². The maximum atomic E-state index is 12.0. The second kappa shape index (κ2) is 6.09. The van der Waals surface area contributed by atoms with E-state index in [-0.39, 0.29) is 5.91 Å². The van der Waals surface area contributed by atoms with Crippen LogP contribution in [0.4, 0.5) is 17.3 Å². The van der Waals surface area contributed by atoms with E-state index in [1.165, 1.54) is 0 Å². The average Bonchev–Trinajstić information content (AvgIpc) is 2.95. The van der Waals surface area contributed by atoms with Gasteiger partial charge in [-0.3, -0.25) is 4.79 Å². The standard InChI is InChI=1S/C16H14N4O2/c1-11-9-15(20-22-11)19-14-8-7-13(10-17-14)18-16(21)12-5-3-2-4-6-12/h2-10H,1H3,(H,18,21)(H,17,19,20). The second-order valence-corrected chi connectivity index (χ2v) is 4.70. The zero-order valence-corrected chi connectivity index (χ0v) is 11.9. The van der Waals surface area contributed by atoms with Gasteiger partial charge in [-0.2, -0.15) is 0 Å². The maximum absolute atomic E-state index is 12.0. The molecule has 0 saturated heterocycles. The molecular weight excluding hydrogens is 280 g/mol. The molecule has 6 nitrogen and oxygen atoms in total. The van der Waals surface area contributed by atoms with Crippen LogP contribution in [-0.4, -0.2) is 16.0 Å². The number of hydrogen-bond acceptors (Lipinski definition) is 5. The Labute approximate surface area is 127 Å². The zero-order chi connectivity index (χ0) is 15.4. The highest BCUT2D eigenvalue weighted by atomic mass is 16.5. The van der Waals surface area contributed by atoms with Gasteiger partial charge in [0, 0.05) is 11.6 Å². The van der Waals surface area contributed by atoms with Gasteiger partial charge in [0.15, 0.2) is 5.82 Å². The molecule has 0 atom stereocenters. The highest BCUT2D eigenvalue weighted by Crippen LogP contribution is 2.16. The molecule has 1 aromatic carbocycles. The number of aromatic nitrogens is 2. The van der Waals surface area contributed by atoms with E-state index in [2.05, 4.69) is 20.8 Å². The Balaban J connectivity index is 1.65. The Bertz CT molecular complexity index is 766. The van der Waals surface area contributed by atoms with Crippen molar-refractivity contribution in [2.24, 2.45) is 0 Å². The molecule has 0 fully saturated rings. The Morgan fingerprint density at radius 2 is 1.91 bits per heavy atom. The first-order valence-electron chi connectivity index (χ1n) is 6.73. The van der Waals surface area contributed by atoms with Crippen molar-refractivity contribution in [1.82, 2.24) is 10.1 Å². The molecule has 0 aliphatic rings.